The maximum Gasteiger partial charge on any atom is 0.249 e. The molecule has 0 amide bonds. The highest BCUT2D eigenvalue weighted by Gasteiger charge is 2.07. The largest absolute Gasteiger partial charge is 0.423 e. The Labute approximate surface area is 79.1 Å². The zero-order chi connectivity index (χ0) is 9.80. The maximum atomic E-state index is 10.1. The van der Waals surface area contributed by atoms with Crippen LogP contribution in [0.5, 0.6) is 0 Å². The lowest BCUT2D eigenvalue weighted by Gasteiger charge is -1.96. The predicted molar refractivity (Wildman–Crippen MR) is 47.5 cm³/mol. The van der Waals surface area contributed by atoms with E-state index in [9.17, 15) is 4.79 Å². The average molecular weight is 187 g/mol. The molecule has 0 atom stereocenters. The minimum absolute atomic E-state index is 0.333. The zero-order valence-corrected chi connectivity index (χ0v) is 7.04. The molecular formula is C9H5N3O2. The summed E-state index contributed by atoms with van der Waals surface area (Å²) in [6.07, 6.45) is 2.69. The number of isocyanates is 1. The van der Waals surface area contributed by atoms with Crippen molar-refractivity contribution in [2.24, 2.45) is 4.99 Å². The highest BCUT2D eigenvalue weighted by molar-refractivity contribution is 5.71. The molecule has 0 aliphatic heterocycles. The summed E-state index contributed by atoms with van der Waals surface area (Å²) in [6.45, 7) is 0. The molecule has 1 heterocycles. The summed E-state index contributed by atoms with van der Waals surface area (Å²) in [4.78, 5) is 13.7. The van der Waals surface area contributed by atoms with Crippen LogP contribution in [-0.4, -0.2) is 16.3 Å². The molecule has 0 radical (unpaired) electrons. The number of nitrogens with zero attached hydrogens (tertiary/aromatic N) is 3. The smallest absolute Gasteiger partial charge is 0.249 e. The number of rotatable bonds is 2. The molecule has 2 rings (SSSR count). The van der Waals surface area contributed by atoms with Crippen molar-refractivity contribution in [1.82, 2.24) is 10.2 Å². The second kappa shape index (κ2) is 3.64. The second-order valence-electron chi connectivity index (χ2n) is 2.46. The van der Waals surface area contributed by atoms with Gasteiger partial charge in [0.2, 0.25) is 18.4 Å². The van der Waals surface area contributed by atoms with Gasteiger partial charge in [0.15, 0.2) is 0 Å². The van der Waals surface area contributed by atoms with Crippen LogP contribution in [0, 0.1) is 0 Å². The number of para-hydroxylation sites is 1. The number of benzene rings is 1. The van der Waals surface area contributed by atoms with Crippen LogP contribution in [0.2, 0.25) is 0 Å². The molecule has 0 aliphatic carbocycles. The Morgan fingerprint density at radius 3 is 2.93 bits per heavy atom. The SMILES string of the molecule is O=C=Nc1ccccc1-c1nnco1. The van der Waals surface area contributed by atoms with Gasteiger partial charge >= 0.3 is 0 Å². The molecule has 68 valence electrons. The Hall–Kier alpha value is -2.26. The molecule has 0 unspecified atom stereocenters. The lowest BCUT2D eigenvalue weighted by atomic mass is 10.2. The van der Waals surface area contributed by atoms with E-state index >= 15 is 0 Å². The van der Waals surface area contributed by atoms with Crippen molar-refractivity contribution in [3.8, 4) is 11.5 Å². The summed E-state index contributed by atoms with van der Waals surface area (Å²) in [5.74, 6) is 0.333. The van der Waals surface area contributed by atoms with Crippen LogP contribution in [0.3, 0.4) is 0 Å². The molecule has 5 nitrogen and oxygen atoms in total. The van der Waals surface area contributed by atoms with Crippen LogP contribution in [0.1, 0.15) is 0 Å². The Morgan fingerprint density at radius 1 is 1.36 bits per heavy atom. The van der Waals surface area contributed by atoms with Gasteiger partial charge < -0.3 is 4.42 Å². The zero-order valence-electron chi connectivity index (χ0n) is 7.04. The van der Waals surface area contributed by atoms with E-state index in [1.165, 1.54) is 12.5 Å². The number of aromatic nitrogens is 2. The molecule has 2 aromatic rings. The van der Waals surface area contributed by atoms with Crippen molar-refractivity contribution in [3.05, 3.63) is 30.7 Å². The summed E-state index contributed by atoms with van der Waals surface area (Å²) in [7, 11) is 0. The average Bonchev–Trinajstić information content (AvgIpc) is 2.72. The number of aliphatic imine (C=N–C) groups is 1. The minimum Gasteiger partial charge on any atom is -0.423 e. The lowest BCUT2D eigenvalue weighted by Crippen LogP contribution is -1.78. The standard InChI is InChI=1S/C9H5N3O2/c13-5-10-8-4-2-1-3-7(8)9-12-11-6-14-9/h1-4,6H. The van der Waals surface area contributed by atoms with Gasteiger partial charge in [0.25, 0.3) is 0 Å². The van der Waals surface area contributed by atoms with Crippen molar-refractivity contribution in [1.29, 1.82) is 0 Å². The van der Waals surface area contributed by atoms with Crippen LogP contribution >= 0.6 is 0 Å². The van der Waals surface area contributed by atoms with Gasteiger partial charge in [-0.2, -0.15) is 4.99 Å². The normalized spacial score (nSPS) is 9.43. The molecule has 14 heavy (non-hydrogen) atoms. The Bertz CT molecular complexity index is 473. The van der Waals surface area contributed by atoms with E-state index in [0.717, 1.165) is 0 Å². The van der Waals surface area contributed by atoms with Gasteiger partial charge in [0.05, 0.1) is 11.3 Å². The Balaban J connectivity index is 2.57. The number of hydrogen-bond donors (Lipinski definition) is 0. The van der Waals surface area contributed by atoms with Gasteiger partial charge in [-0.05, 0) is 12.1 Å². The van der Waals surface area contributed by atoms with Crippen molar-refractivity contribution < 1.29 is 9.21 Å². The summed E-state index contributed by atoms with van der Waals surface area (Å²) in [5.41, 5.74) is 1.08. The molecular weight excluding hydrogens is 182 g/mol. The molecule has 1 aromatic carbocycles. The van der Waals surface area contributed by atoms with E-state index in [0.29, 0.717) is 17.1 Å². The second-order valence-corrected chi connectivity index (χ2v) is 2.46. The first-order valence-electron chi connectivity index (χ1n) is 3.85. The predicted octanol–water partition coefficient (Wildman–Crippen LogP) is 1.70. The summed E-state index contributed by atoms with van der Waals surface area (Å²) in [5, 5.41) is 7.27. The third kappa shape index (κ3) is 1.44. The highest BCUT2D eigenvalue weighted by Crippen LogP contribution is 2.27. The number of carbonyl (C=O) groups excluding carboxylic acids is 1. The van der Waals surface area contributed by atoms with E-state index in [-0.39, 0.29) is 0 Å². The summed E-state index contributed by atoms with van der Waals surface area (Å²) in [6, 6.07) is 6.97. The molecule has 5 heteroatoms. The first-order chi connectivity index (χ1) is 6.92. The van der Waals surface area contributed by atoms with Crippen LogP contribution in [0.25, 0.3) is 11.5 Å². The fraction of sp³-hybridized carbons (Fsp3) is 0. The lowest BCUT2D eigenvalue weighted by molar-refractivity contribution is 0.565. The molecule has 0 aliphatic rings. The van der Waals surface area contributed by atoms with Crippen molar-refractivity contribution in [3.63, 3.8) is 0 Å². The van der Waals surface area contributed by atoms with E-state index in [2.05, 4.69) is 15.2 Å². The quantitative estimate of drug-likeness (QED) is 0.530. The van der Waals surface area contributed by atoms with Crippen molar-refractivity contribution in [2.75, 3.05) is 0 Å². The third-order valence-electron chi connectivity index (χ3n) is 1.66. The Kier molecular flexibility index (Phi) is 2.17. The van der Waals surface area contributed by atoms with E-state index in [1.54, 1.807) is 24.3 Å². The van der Waals surface area contributed by atoms with Crippen LogP contribution < -0.4 is 0 Å². The molecule has 0 bridgehead atoms. The Morgan fingerprint density at radius 2 is 2.21 bits per heavy atom. The van der Waals surface area contributed by atoms with E-state index < -0.39 is 0 Å². The molecule has 0 fully saturated rings. The fourth-order valence-corrected chi connectivity index (χ4v) is 1.09. The highest BCUT2D eigenvalue weighted by atomic mass is 16.4. The van der Waals surface area contributed by atoms with Gasteiger partial charge in [0, 0.05) is 0 Å². The molecule has 0 saturated heterocycles. The first kappa shape index (κ1) is 8.34. The van der Waals surface area contributed by atoms with E-state index in [4.69, 9.17) is 4.42 Å². The topological polar surface area (TPSA) is 68.3 Å². The van der Waals surface area contributed by atoms with Crippen LogP contribution in [0.15, 0.2) is 40.1 Å². The van der Waals surface area contributed by atoms with Crippen molar-refractivity contribution in [2.45, 2.75) is 0 Å². The summed E-state index contributed by atoms with van der Waals surface area (Å²) < 4.78 is 4.99. The first-order valence-corrected chi connectivity index (χ1v) is 3.85. The maximum absolute atomic E-state index is 10.1. The minimum atomic E-state index is 0.333. The van der Waals surface area contributed by atoms with Crippen molar-refractivity contribution >= 4 is 11.8 Å². The van der Waals surface area contributed by atoms with Gasteiger partial charge in [-0.25, -0.2) is 4.79 Å². The third-order valence-corrected chi connectivity index (χ3v) is 1.66. The van der Waals surface area contributed by atoms with Crippen LogP contribution in [-0.2, 0) is 4.79 Å². The molecule has 0 spiro atoms. The molecule has 0 N–H and O–H groups in total. The molecule has 1 aromatic heterocycles. The monoisotopic (exact) mass is 187 g/mol. The number of hydrogen-bond acceptors (Lipinski definition) is 5. The van der Waals surface area contributed by atoms with Gasteiger partial charge in [-0.1, -0.05) is 12.1 Å². The van der Waals surface area contributed by atoms with Gasteiger partial charge in [0.1, 0.15) is 0 Å². The fourth-order valence-electron chi connectivity index (χ4n) is 1.09. The van der Waals surface area contributed by atoms with Gasteiger partial charge in [-0.15, -0.1) is 10.2 Å². The van der Waals surface area contributed by atoms with Gasteiger partial charge in [-0.3, -0.25) is 0 Å². The molecule has 0 saturated carbocycles. The van der Waals surface area contributed by atoms with E-state index in [1.807, 2.05) is 0 Å². The summed E-state index contributed by atoms with van der Waals surface area (Å²) >= 11 is 0. The van der Waals surface area contributed by atoms with Crippen LogP contribution in [0.4, 0.5) is 5.69 Å².